The van der Waals surface area contributed by atoms with Crippen molar-refractivity contribution in [2.45, 2.75) is 12.2 Å². The molecule has 0 bridgehead atoms. The van der Waals surface area contributed by atoms with Gasteiger partial charge in [-0.05, 0) is 30.8 Å². The van der Waals surface area contributed by atoms with Gasteiger partial charge in [-0.25, -0.2) is 4.39 Å². The highest BCUT2D eigenvalue weighted by Gasteiger charge is 2.34. The van der Waals surface area contributed by atoms with Crippen LogP contribution in [-0.2, 0) is 6.18 Å². The molecule has 0 radical (unpaired) electrons. The highest BCUT2D eigenvalue weighted by Crippen LogP contribution is 2.34. The van der Waals surface area contributed by atoms with Crippen molar-refractivity contribution in [3.8, 4) is 0 Å². The van der Waals surface area contributed by atoms with Gasteiger partial charge in [0.15, 0.2) is 0 Å². The largest absolute Gasteiger partial charge is 0.472 e. The van der Waals surface area contributed by atoms with E-state index in [-0.39, 0.29) is 0 Å². The third kappa shape index (κ3) is 2.78. The summed E-state index contributed by atoms with van der Waals surface area (Å²) >= 11 is 0. The first-order valence-corrected chi connectivity index (χ1v) is 5.49. The number of alkyl halides is 3. The van der Waals surface area contributed by atoms with Gasteiger partial charge in [0.25, 0.3) is 0 Å². The molecular formula is C13H11F4NO. The van der Waals surface area contributed by atoms with E-state index >= 15 is 0 Å². The van der Waals surface area contributed by atoms with E-state index in [1.54, 1.807) is 13.1 Å². The molecule has 1 aromatic carbocycles. The maximum atomic E-state index is 13.2. The molecule has 0 spiro atoms. The van der Waals surface area contributed by atoms with Crippen LogP contribution >= 0.6 is 0 Å². The number of rotatable bonds is 3. The average molecular weight is 273 g/mol. The molecule has 6 heteroatoms. The van der Waals surface area contributed by atoms with E-state index in [2.05, 4.69) is 5.32 Å². The van der Waals surface area contributed by atoms with E-state index in [0.717, 1.165) is 12.1 Å². The van der Waals surface area contributed by atoms with Gasteiger partial charge in [-0.15, -0.1) is 0 Å². The summed E-state index contributed by atoms with van der Waals surface area (Å²) in [5.74, 6) is -1.28. The number of hydrogen-bond donors (Lipinski definition) is 1. The Balaban J connectivity index is 2.45. The zero-order chi connectivity index (χ0) is 14.0. The topological polar surface area (TPSA) is 25.2 Å². The smallest absolute Gasteiger partial charge is 0.419 e. The average Bonchev–Trinajstić information content (AvgIpc) is 2.84. The lowest BCUT2D eigenvalue weighted by molar-refractivity contribution is -0.140. The lowest BCUT2D eigenvalue weighted by Crippen LogP contribution is -2.18. The molecule has 1 heterocycles. The summed E-state index contributed by atoms with van der Waals surface area (Å²) in [7, 11) is 1.61. The zero-order valence-corrected chi connectivity index (χ0v) is 9.96. The van der Waals surface area contributed by atoms with Crippen LogP contribution < -0.4 is 5.32 Å². The van der Waals surface area contributed by atoms with Gasteiger partial charge in [0, 0.05) is 5.56 Å². The number of nitrogens with one attached hydrogen (secondary N) is 1. The minimum atomic E-state index is -4.71. The minimum absolute atomic E-state index is 0.317. The molecule has 0 fully saturated rings. The van der Waals surface area contributed by atoms with Crippen molar-refractivity contribution in [1.29, 1.82) is 0 Å². The Kier molecular flexibility index (Phi) is 3.61. The zero-order valence-electron chi connectivity index (χ0n) is 9.96. The second-order valence-corrected chi connectivity index (χ2v) is 4.02. The SMILES string of the molecule is CNC(c1ccoc1)c1ccc(F)c(C(F)(F)F)c1. The summed E-state index contributed by atoms with van der Waals surface area (Å²) in [5.41, 5.74) is -0.284. The van der Waals surface area contributed by atoms with Gasteiger partial charge in [-0.2, -0.15) is 13.2 Å². The Morgan fingerprint density at radius 1 is 1.16 bits per heavy atom. The number of furan rings is 1. The predicted molar refractivity (Wildman–Crippen MR) is 61.0 cm³/mol. The van der Waals surface area contributed by atoms with Crippen LogP contribution in [-0.4, -0.2) is 7.05 Å². The van der Waals surface area contributed by atoms with Crippen molar-refractivity contribution in [1.82, 2.24) is 5.32 Å². The first-order chi connectivity index (χ1) is 8.93. The van der Waals surface area contributed by atoms with E-state index in [9.17, 15) is 17.6 Å². The van der Waals surface area contributed by atoms with Crippen LogP contribution in [0.4, 0.5) is 17.6 Å². The quantitative estimate of drug-likeness (QED) is 0.862. The normalized spacial score (nSPS) is 13.5. The van der Waals surface area contributed by atoms with Gasteiger partial charge in [0.1, 0.15) is 5.82 Å². The molecule has 19 heavy (non-hydrogen) atoms. The van der Waals surface area contributed by atoms with Crippen molar-refractivity contribution in [2.75, 3.05) is 7.05 Å². The van der Waals surface area contributed by atoms with Gasteiger partial charge in [-0.1, -0.05) is 6.07 Å². The van der Waals surface area contributed by atoms with E-state index in [0.29, 0.717) is 11.1 Å². The fraction of sp³-hybridized carbons (Fsp3) is 0.231. The molecule has 2 aromatic rings. The van der Waals surface area contributed by atoms with Crippen molar-refractivity contribution < 1.29 is 22.0 Å². The van der Waals surface area contributed by atoms with E-state index in [1.165, 1.54) is 18.6 Å². The van der Waals surface area contributed by atoms with Crippen molar-refractivity contribution in [2.24, 2.45) is 0 Å². The van der Waals surface area contributed by atoms with Gasteiger partial charge >= 0.3 is 6.18 Å². The molecule has 0 aliphatic rings. The standard InChI is InChI=1S/C13H11F4NO/c1-18-12(9-4-5-19-7-9)8-2-3-11(14)10(6-8)13(15,16)17/h2-7,12,18H,1H3. The summed E-state index contributed by atoms with van der Waals surface area (Å²) in [6, 6.07) is 4.10. The Bertz CT molecular complexity index is 548. The molecule has 0 amide bonds. The second kappa shape index (κ2) is 5.05. The number of halogens is 4. The maximum Gasteiger partial charge on any atom is 0.419 e. The fourth-order valence-corrected chi connectivity index (χ4v) is 1.90. The number of benzene rings is 1. The Labute approximate surface area is 107 Å². The van der Waals surface area contributed by atoms with E-state index in [1.807, 2.05) is 0 Å². The first kappa shape index (κ1) is 13.6. The molecule has 0 aliphatic heterocycles. The number of hydrogen-bond acceptors (Lipinski definition) is 2. The monoisotopic (exact) mass is 273 g/mol. The summed E-state index contributed by atoms with van der Waals surface area (Å²) in [5, 5.41) is 2.87. The van der Waals surface area contributed by atoms with Crippen molar-refractivity contribution in [3.63, 3.8) is 0 Å². The van der Waals surface area contributed by atoms with Crippen LogP contribution in [0, 0.1) is 5.82 Å². The lowest BCUT2D eigenvalue weighted by Gasteiger charge is -2.17. The molecule has 1 aromatic heterocycles. The van der Waals surface area contributed by atoms with E-state index < -0.39 is 23.6 Å². The highest BCUT2D eigenvalue weighted by atomic mass is 19.4. The van der Waals surface area contributed by atoms with Crippen LogP contribution in [0.25, 0.3) is 0 Å². The lowest BCUT2D eigenvalue weighted by atomic mass is 9.99. The molecule has 1 atom stereocenters. The van der Waals surface area contributed by atoms with Gasteiger partial charge in [0.2, 0.25) is 0 Å². The summed E-state index contributed by atoms with van der Waals surface area (Å²) in [6.45, 7) is 0. The van der Waals surface area contributed by atoms with Crippen LogP contribution in [0.2, 0.25) is 0 Å². The molecular weight excluding hydrogens is 262 g/mol. The van der Waals surface area contributed by atoms with Crippen molar-refractivity contribution in [3.05, 3.63) is 59.3 Å². The molecule has 2 rings (SSSR count). The van der Waals surface area contributed by atoms with Gasteiger partial charge in [-0.3, -0.25) is 0 Å². The van der Waals surface area contributed by atoms with Gasteiger partial charge < -0.3 is 9.73 Å². The molecule has 0 aliphatic carbocycles. The fourth-order valence-electron chi connectivity index (χ4n) is 1.90. The summed E-state index contributed by atoms with van der Waals surface area (Å²) in [6.07, 6.45) is -1.86. The summed E-state index contributed by atoms with van der Waals surface area (Å²) in [4.78, 5) is 0. The van der Waals surface area contributed by atoms with E-state index in [4.69, 9.17) is 4.42 Å². The first-order valence-electron chi connectivity index (χ1n) is 5.49. The van der Waals surface area contributed by atoms with Crippen LogP contribution in [0.3, 0.4) is 0 Å². The van der Waals surface area contributed by atoms with Gasteiger partial charge in [0.05, 0.1) is 24.1 Å². The Morgan fingerprint density at radius 3 is 2.42 bits per heavy atom. The molecule has 2 nitrogen and oxygen atoms in total. The maximum absolute atomic E-state index is 13.2. The van der Waals surface area contributed by atoms with Crippen LogP contribution in [0.1, 0.15) is 22.7 Å². The predicted octanol–water partition coefficient (Wildman–Crippen LogP) is 3.75. The molecule has 1 N–H and O–H groups in total. The molecule has 1 unspecified atom stereocenters. The second-order valence-electron chi connectivity index (χ2n) is 4.02. The van der Waals surface area contributed by atoms with Crippen molar-refractivity contribution >= 4 is 0 Å². The Hall–Kier alpha value is -1.82. The highest BCUT2D eigenvalue weighted by molar-refractivity contribution is 5.34. The molecule has 102 valence electrons. The third-order valence-corrected chi connectivity index (χ3v) is 2.79. The van der Waals surface area contributed by atoms with Crippen LogP contribution in [0.5, 0.6) is 0 Å². The minimum Gasteiger partial charge on any atom is -0.472 e. The summed E-state index contributed by atoms with van der Waals surface area (Å²) < 4.78 is 56.1. The van der Waals surface area contributed by atoms with Crippen LogP contribution in [0.15, 0.2) is 41.2 Å². The molecule has 0 saturated carbocycles. The third-order valence-electron chi connectivity index (χ3n) is 2.79. The Morgan fingerprint density at radius 2 is 1.89 bits per heavy atom. The molecule has 0 saturated heterocycles.